The van der Waals surface area contributed by atoms with Crippen LogP contribution in [0.15, 0.2) is 24.3 Å². The predicted molar refractivity (Wildman–Crippen MR) is 53.3 cm³/mol. The van der Waals surface area contributed by atoms with Gasteiger partial charge in [-0.3, -0.25) is 4.79 Å². The summed E-state index contributed by atoms with van der Waals surface area (Å²) in [5.41, 5.74) is -0.600. The number of amides is 2. The van der Waals surface area contributed by atoms with Gasteiger partial charge in [0.15, 0.2) is 6.61 Å². The number of alkyl halides is 3. The Balaban J connectivity index is 2.20. The van der Waals surface area contributed by atoms with Crippen molar-refractivity contribution in [1.29, 1.82) is 0 Å². The van der Waals surface area contributed by atoms with Gasteiger partial charge in [0.05, 0.1) is 12.1 Å². The average molecular weight is 259 g/mol. The SMILES string of the molecule is O=C1COC(=O)N1Cc1cccc(C(F)(F)F)c1. The molecule has 4 nitrogen and oxygen atoms in total. The van der Waals surface area contributed by atoms with Gasteiger partial charge >= 0.3 is 12.3 Å². The smallest absolute Gasteiger partial charge is 0.417 e. The fourth-order valence-electron chi connectivity index (χ4n) is 1.56. The summed E-state index contributed by atoms with van der Waals surface area (Å²) in [5.74, 6) is -0.558. The maximum atomic E-state index is 12.5. The van der Waals surface area contributed by atoms with Crippen LogP contribution in [0, 0.1) is 0 Å². The third kappa shape index (κ3) is 2.44. The minimum Gasteiger partial charge on any atom is -0.439 e. The average Bonchev–Trinajstić information content (AvgIpc) is 2.60. The van der Waals surface area contributed by atoms with Crippen molar-refractivity contribution in [2.45, 2.75) is 12.7 Å². The molecule has 0 saturated carbocycles. The van der Waals surface area contributed by atoms with Crippen LogP contribution in [0.3, 0.4) is 0 Å². The van der Waals surface area contributed by atoms with E-state index >= 15 is 0 Å². The van der Waals surface area contributed by atoms with Gasteiger partial charge in [-0.1, -0.05) is 12.1 Å². The van der Waals surface area contributed by atoms with Crippen LogP contribution >= 0.6 is 0 Å². The zero-order valence-corrected chi connectivity index (χ0v) is 9.03. The third-order valence-electron chi connectivity index (χ3n) is 2.44. The minimum absolute atomic E-state index is 0.219. The van der Waals surface area contributed by atoms with E-state index < -0.39 is 23.7 Å². The van der Waals surface area contributed by atoms with E-state index in [1.807, 2.05) is 0 Å². The van der Waals surface area contributed by atoms with Gasteiger partial charge in [0, 0.05) is 0 Å². The number of benzene rings is 1. The Bertz CT molecular complexity index is 483. The number of hydrogen-bond donors (Lipinski definition) is 0. The fraction of sp³-hybridized carbons (Fsp3) is 0.273. The van der Waals surface area contributed by atoms with Crippen LogP contribution in [-0.2, 0) is 22.3 Å². The summed E-state index contributed by atoms with van der Waals surface area (Å²) in [5, 5.41) is 0. The Morgan fingerprint density at radius 3 is 2.56 bits per heavy atom. The van der Waals surface area contributed by atoms with Crippen molar-refractivity contribution in [3.63, 3.8) is 0 Å². The first-order valence-corrected chi connectivity index (χ1v) is 5.01. The molecule has 0 aromatic heterocycles. The van der Waals surface area contributed by atoms with Crippen molar-refractivity contribution < 1.29 is 27.5 Å². The molecule has 1 heterocycles. The first-order chi connectivity index (χ1) is 8.38. The van der Waals surface area contributed by atoms with Gasteiger partial charge < -0.3 is 4.74 Å². The number of nitrogens with zero attached hydrogens (tertiary/aromatic N) is 1. The van der Waals surface area contributed by atoms with E-state index in [2.05, 4.69) is 4.74 Å². The monoisotopic (exact) mass is 259 g/mol. The Labute approximate surface area is 99.9 Å². The molecule has 2 amide bonds. The lowest BCUT2D eigenvalue weighted by Gasteiger charge is -2.12. The topological polar surface area (TPSA) is 46.6 Å². The number of ether oxygens (including phenoxy) is 1. The molecule has 1 saturated heterocycles. The van der Waals surface area contributed by atoms with Gasteiger partial charge in [-0.05, 0) is 17.7 Å². The van der Waals surface area contributed by atoms with Gasteiger partial charge in [0.2, 0.25) is 0 Å². The van der Waals surface area contributed by atoms with Crippen LogP contribution in [0.4, 0.5) is 18.0 Å². The van der Waals surface area contributed by atoms with Crippen LogP contribution in [0.5, 0.6) is 0 Å². The second kappa shape index (κ2) is 4.32. The number of carbonyl (C=O) groups excluding carboxylic acids is 2. The lowest BCUT2D eigenvalue weighted by Crippen LogP contribution is -2.28. The molecular formula is C11H8F3NO3. The maximum Gasteiger partial charge on any atom is 0.417 e. The van der Waals surface area contributed by atoms with E-state index in [0.717, 1.165) is 17.0 Å². The van der Waals surface area contributed by atoms with E-state index in [0.29, 0.717) is 0 Å². The maximum absolute atomic E-state index is 12.5. The van der Waals surface area contributed by atoms with Gasteiger partial charge in [0.1, 0.15) is 0 Å². The molecule has 2 rings (SSSR count). The molecule has 1 aromatic carbocycles. The highest BCUT2D eigenvalue weighted by Gasteiger charge is 2.33. The molecular weight excluding hydrogens is 251 g/mol. The quantitative estimate of drug-likeness (QED) is 0.817. The summed E-state index contributed by atoms with van der Waals surface area (Å²) < 4.78 is 41.9. The molecule has 0 atom stereocenters. The number of hydrogen-bond acceptors (Lipinski definition) is 3. The number of cyclic esters (lactones) is 1. The normalized spacial score (nSPS) is 16.1. The summed E-state index contributed by atoms with van der Waals surface area (Å²) in [7, 11) is 0. The molecule has 0 aliphatic carbocycles. The zero-order valence-electron chi connectivity index (χ0n) is 9.03. The Kier molecular flexibility index (Phi) is 2.98. The largest absolute Gasteiger partial charge is 0.439 e. The molecule has 0 N–H and O–H groups in total. The molecule has 1 aliphatic heterocycles. The Hall–Kier alpha value is -2.05. The lowest BCUT2D eigenvalue weighted by molar-refractivity contribution is -0.137. The van der Waals surface area contributed by atoms with Crippen molar-refractivity contribution in [3.8, 4) is 0 Å². The predicted octanol–water partition coefficient (Wildman–Crippen LogP) is 2.18. The summed E-state index contributed by atoms with van der Waals surface area (Å²) in [4.78, 5) is 23.1. The van der Waals surface area contributed by atoms with Crippen LogP contribution in [0.25, 0.3) is 0 Å². The van der Waals surface area contributed by atoms with Crippen molar-refractivity contribution >= 4 is 12.0 Å². The molecule has 7 heteroatoms. The lowest BCUT2D eigenvalue weighted by atomic mass is 10.1. The van der Waals surface area contributed by atoms with Gasteiger partial charge in [-0.2, -0.15) is 13.2 Å². The summed E-state index contributed by atoms with van der Waals surface area (Å²) in [6.45, 7) is -0.584. The fourth-order valence-corrected chi connectivity index (χ4v) is 1.56. The van der Waals surface area contributed by atoms with Gasteiger partial charge in [0.25, 0.3) is 5.91 Å². The zero-order chi connectivity index (χ0) is 13.3. The molecule has 1 aromatic rings. The molecule has 0 unspecified atom stereocenters. The second-order valence-corrected chi connectivity index (χ2v) is 3.73. The van der Waals surface area contributed by atoms with Gasteiger partial charge in [-0.25, -0.2) is 9.69 Å². The Morgan fingerprint density at radius 1 is 1.28 bits per heavy atom. The highest BCUT2D eigenvalue weighted by molar-refractivity contribution is 5.97. The van der Waals surface area contributed by atoms with E-state index in [1.54, 1.807) is 0 Å². The summed E-state index contributed by atoms with van der Waals surface area (Å²) >= 11 is 0. The number of imide groups is 1. The van der Waals surface area contributed by atoms with Crippen molar-refractivity contribution in [1.82, 2.24) is 4.90 Å². The summed E-state index contributed by atoms with van der Waals surface area (Å²) in [6, 6.07) is 4.46. The molecule has 0 spiro atoms. The molecule has 1 fully saturated rings. The molecule has 96 valence electrons. The van der Waals surface area contributed by atoms with Crippen molar-refractivity contribution in [3.05, 3.63) is 35.4 Å². The Morgan fingerprint density at radius 2 is 2.00 bits per heavy atom. The van der Waals surface area contributed by atoms with Crippen LogP contribution in [0.1, 0.15) is 11.1 Å². The standard InChI is InChI=1S/C11H8F3NO3/c12-11(13,14)8-3-1-2-7(4-8)5-15-9(16)6-18-10(15)17/h1-4H,5-6H2. The highest BCUT2D eigenvalue weighted by atomic mass is 19.4. The third-order valence-corrected chi connectivity index (χ3v) is 2.44. The van der Waals surface area contributed by atoms with E-state index in [4.69, 9.17) is 0 Å². The molecule has 0 bridgehead atoms. The van der Waals surface area contributed by atoms with E-state index in [1.165, 1.54) is 12.1 Å². The van der Waals surface area contributed by atoms with Crippen LogP contribution < -0.4 is 0 Å². The van der Waals surface area contributed by atoms with Crippen LogP contribution in [-0.4, -0.2) is 23.5 Å². The van der Waals surface area contributed by atoms with Crippen LogP contribution in [0.2, 0.25) is 0 Å². The summed E-state index contributed by atoms with van der Waals surface area (Å²) in [6.07, 6.45) is -5.29. The highest BCUT2D eigenvalue weighted by Crippen LogP contribution is 2.29. The number of rotatable bonds is 2. The number of halogens is 3. The number of carbonyl (C=O) groups is 2. The molecule has 1 aliphatic rings. The molecule has 18 heavy (non-hydrogen) atoms. The first kappa shape index (κ1) is 12.4. The van der Waals surface area contributed by atoms with Crippen molar-refractivity contribution in [2.75, 3.05) is 6.61 Å². The van der Waals surface area contributed by atoms with Crippen molar-refractivity contribution in [2.24, 2.45) is 0 Å². The van der Waals surface area contributed by atoms with Gasteiger partial charge in [-0.15, -0.1) is 0 Å². The first-order valence-electron chi connectivity index (χ1n) is 5.01. The van der Waals surface area contributed by atoms with E-state index in [-0.39, 0.29) is 18.7 Å². The molecule has 0 radical (unpaired) electrons. The van der Waals surface area contributed by atoms with E-state index in [9.17, 15) is 22.8 Å². The second-order valence-electron chi connectivity index (χ2n) is 3.73. The minimum atomic E-state index is -4.45.